The first-order valence-corrected chi connectivity index (χ1v) is 43.3. The number of hydrogen-bond donors (Lipinski definition) is 2. The Balaban J connectivity index is 0.979. The van der Waals surface area contributed by atoms with Gasteiger partial charge in [0.05, 0.1) is 22.8 Å². The maximum absolute atomic E-state index is 14.2. The van der Waals surface area contributed by atoms with Gasteiger partial charge in [0.25, 0.3) is 0 Å². The van der Waals surface area contributed by atoms with Crippen LogP contribution in [0.1, 0.15) is 66.0 Å². The zero-order valence-corrected chi connectivity index (χ0v) is 67.6. The number of aromatic nitrogens is 4. The molecule has 24 heteroatoms. The smallest absolute Gasteiger partial charge is 0.329 e. The van der Waals surface area contributed by atoms with E-state index in [9.17, 15) is 19.2 Å². The van der Waals surface area contributed by atoms with Crippen LogP contribution in [-0.4, -0.2) is 83.0 Å². The zero-order valence-electron chi connectivity index (χ0n) is 57.8. The molecular weight excluding hydrogens is 1580 g/mol. The Morgan fingerprint density at radius 2 is 0.481 bits per heavy atom. The largest absolute Gasteiger partial charge is 0.425 e. The molecule has 0 saturated carbocycles. The van der Waals surface area contributed by atoms with Crippen LogP contribution in [0.3, 0.4) is 0 Å². The lowest BCUT2D eigenvalue weighted by Gasteiger charge is -2.16. The molecule has 2 aliphatic rings. The fourth-order valence-corrected chi connectivity index (χ4v) is 18.3. The van der Waals surface area contributed by atoms with Crippen molar-refractivity contribution in [2.45, 2.75) is 21.0 Å². The predicted molar refractivity (Wildman–Crippen MR) is 475 cm³/mol. The SMILES string of the molecule is CSC(=S)SC(C(=O)Oc1ccc(-c2c3nc(c(-c4ccc(OC(=O)C(SC(=S)SC)c5ccccc5)cc4)c4ccc([nH]4)c(-c4ccc(OC(=O)C(SC(=S)SC)c5ccccc5)cc4)c4nc(c(-c5ccc(OC(=O)C(SC(=S)SC)c6ccccc6)cc5)c5ccc2[nH]5)C=C4)C=C3)cc1)c1ccccc1. The van der Waals surface area contributed by atoms with Gasteiger partial charge in [0.15, 0.2) is 0 Å². The third kappa shape index (κ3) is 18.8. The van der Waals surface area contributed by atoms with Gasteiger partial charge in [0, 0.05) is 44.3 Å². The van der Waals surface area contributed by atoms with Crippen LogP contribution in [0.4, 0.5) is 0 Å². The molecule has 2 aliphatic heterocycles. The highest BCUT2D eigenvalue weighted by Gasteiger charge is 2.31. The monoisotopic (exact) mass is 1640 g/mol. The molecule has 2 N–H and O–H groups in total. The van der Waals surface area contributed by atoms with E-state index >= 15 is 0 Å². The van der Waals surface area contributed by atoms with Crippen LogP contribution in [0.2, 0.25) is 0 Å². The van der Waals surface area contributed by atoms with Crippen LogP contribution >= 0.6 is 143 Å². The summed E-state index contributed by atoms with van der Waals surface area (Å²) in [6.45, 7) is 0. The number of esters is 4. The number of nitrogens with one attached hydrogen (secondary N) is 2. The van der Waals surface area contributed by atoms with Crippen LogP contribution in [0.15, 0.2) is 243 Å². The number of rotatable bonds is 20. The summed E-state index contributed by atoms with van der Waals surface area (Å²) < 4.78 is 27.1. The van der Waals surface area contributed by atoms with E-state index in [1.807, 2.05) is 243 Å². The van der Waals surface area contributed by atoms with Gasteiger partial charge in [-0.25, -0.2) is 9.97 Å². The molecule has 13 rings (SSSR count). The van der Waals surface area contributed by atoms with Gasteiger partial charge in [0.1, 0.15) is 58.1 Å². The Morgan fingerprint density at radius 3 is 0.667 bits per heavy atom. The average Bonchev–Trinajstić information content (AvgIpc) is 1.61. The molecule has 11 aromatic rings. The highest BCUT2D eigenvalue weighted by molar-refractivity contribution is 8.48. The van der Waals surface area contributed by atoms with Gasteiger partial charge in [-0.15, -0.1) is 47.0 Å². The van der Waals surface area contributed by atoms with Gasteiger partial charge in [0.2, 0.25) is 0 Å². The number of nitrogens with zero attached hydrogens (tertiary/aromatic N) is 2. The van der Waals surface area contributed by atoms with Gasteiger partial charge < -0.3 is 28.9 Å². The molecule has 3 aromatic heterocycles. The minimum absolute atomic E-state index is 0.331. The molecule has 0 amide bonds. The summed E-state index contributed by atoms with van der Waals surface area (Å²) in [5.41, 5.74) is 14.1. The van der Waals surface area contributed by atoms with Crippen LogP contribution in [0.5, 0.6) is 23.0 Å². The summed E-state index contributed by atoms with van der Waals surface area (Å²) >= 11 is 33.1. The molecule has 0 aliphatic carbocycles. The molecule has 12 nitrogen and oxygen atoms in total. The highest BCUT2D eigenvalue weighted by Crippen LogP contribution is 2.44. The van der Waals surface area contributed by atoms with Gasteiger partial charge in [-0.05, 0) is 167 Å². The third-order valence-corrected chi connectivity index (χ3v) is 28.2. The number of H-pyrrole nitrogens is 2. The molecule has 4 unspecified atom stereocenters. The number of thiocarbonyl (C=S) groups is 4. The second kappa shape index (κ2) is 36.7. The van der Waals surface area contributed by atoms with Crippen molar-refractivity contribution in [2.75, 3.05) is 25.0 Å². The molecule has 8 aromatic carbocycles. The van der Waals surface area contributed by atoms with Crippen molar-refractivity contribution in [3.8, 4) is 67.5 Å². The standard InChI is InChI=1S/C84H62N4O8S12/c1-101-81(97)105-73(53-17-9-5-10-18-53)77(89)93-57-33-25-49(26-34-57)69-61-41-43-63(85-61)70(50-27-35-58(36-28-50)94-78(90)74(106-82(98)102-2)54-19-11-6-12-20-54)65-45-47-67(87-65)72(52-31-39-60(40-32-52)96-80(92)76(108-84(100)104-4)56-23-15-8-16-24-56)68-48-46-66(88-68)71(64-44-42-62(69)86-64)51-29-37-59(38-30-51)95-79(91)75(107-83(99)103-3)55-21-13-7-14-22-55/h5-48,73-76,85,88H,1-4H3. The number of carbonyl (C=O) groups excluding carboxylic acids is 4. The minimum atomic E-state index is -0.710. The predicted octanol–water partition coefficient (Wildman–Crippen LogP) is 23.4. The second-order valence-electron chi connectivity index (χ2n) is 23.7. The minimum Gasteiger partial charge on any atom is -0.425 e. The van der Waals surface area contributed by atoms with E-state index < -0.39 is 44.9 Å². The molecule has 8 bridgehead atoms. The van der Waals surface area contributed by atoms with Crippen LogP contribution in [-0.2, 0) is 19.2 Å². The van der Waals surface area contributed by atoms with Crippen molar-refractivity contribution in [3.05, 3.63) is 288 Å². The lowest BCUT2D eigenvalue weighted by molar-refractivity contribution is -0.134. The van der Waals surface area contributed by atoms with Crippen LogP contribution in [0.25, 0.3) is 90.9 Å². The van der Waals surface area contributed by atoms with E-state index in [2.05, 4.69) is 9.97 Å². The van der Waals surface area contributed by atoms with Gasteiger partial charge in [-0.3, -0.25) is 19.2 Å². The Hall–Kier alpha value is -8.60. The van der Waals surface area contributed by atoms with E-state index in [0.29, 0.717) is 104 Å². The summed E-state index contributed by atoms with van der Waals surface area (Å²) in [6, 6.07) is 75.2. The quantitative estimate of drug-likeness (QED) is 0.0420. The highest BCUT2D eigenvalue weighted by atomic mass is 32.2. The molecule has 0 fully saturated rings. The number of ether oxygens (including phenoxy) is 4. The topological polar surface area (TPSA) is 163 Å². The van der Waals surface area contributed by atoms with Crippen LogP contribution in [0, 0.1) is 0 Å². The molecular formula is C84H62N4O8S12. The summed E-state index contributed by atoms with van der Waals surface area (Å²) in [6.07, 6.45) is 15.4. The van der Waals surface area contributed by atoms with Gasteiger partial charge in [-0.1, -0.05) is 266 Å². The fourth-order valence-electron chi connectivity index (χ4n) is 12.0. The maximum atomic E-state index is 14.2. The van der Waals surface area contributed by atoms with Crippen molar-refractivity contribution >= 4 is 227 Å². The summed E-state index contributed by atoms with van der Waals surface area (Å²) in [4.78, 5) is 75.5. The maximum Gasteiger partial charge on any atom is 0.329 e. The van der Waals surface area contributed by atoms with E-state index in [1.165, 1.54) is 94.1 Å². The van der Waals surface area contributed by atoms with Gasteiger partial charge in [-0.2, -0.15) is 0 Å². The Morgan fingerprint density at radius 1 is 0.287 bits per heavy atom. The van der Waals surface area contributed by atoms with Crippen molar-refractivity contribution in [3.63, 3.8) is 0 Å². The Labute approximate surface area is 680 Å². The number of benzene rings is 8. The number of fused-ring (bicyclic) bond motifs is 8. The molecule has 538 valence electrons. The second-order valence-corrected chi connectivity index (χ2v) is 36.2. The summed E-state index contributed by atoms with van der Waals surface area (Å²) in [5.74, 6) is -0.555. The third-order valence-electron chi connectivity index (χ3n) is 17.0. The van der Waals surface area contributed by atoms with Crippen molar-refractivity contribution in [2.24, 2.45) is 0 Å². The van der Waals surface area contributed by atoms with E-state index in [4.69, 9.17) is 77.8 Å². The van der Waals surface area contributed by atoms with E-state index in [-0.39, 0.29) is 0 Å². The molecule has 0 radical (unpaired) electrons. The molecule has 0 spiro atoms. The fraction of sp³-hybridized carbons (Fsp3) is 0.0952. The first kappa shape index (κ1) is 77.6. The molecule has 0 saturated heterocycles. The number of carbonyl (C=O) groups is 4. The summed E-state index contributed by atoms with van der Waals surface area (Å²) in [7, 11) is 0. The van der Waals surface area contributed by atoms with Crippen LogP contribution < -0.4 is 18.9 Å². The number of hydrogen-bond acceptors (Lipinski definition) is 22. The number of thioether (sulfide) groups is 8. The molecule has 108 heavy (non-hydrogen) atoms. The lowest BCUT2D eigenvalue weighted by Crippen LogP contribution is -2.17. The van der Waals surface area contributed by atoms with E-state index in [0.717, 1.165) is 44.5 Å². The first-order chi connectivity index (χ1) is 52.6. The Bertz CT molecular complexity index is 4790. The van der Waals surface area contributed by atoms with Crippen molar-refractivity contribution in [1.29, 1.82) is 0 Å². The normalized spacial score (nSPS) is 12.6. The average molecular weight is 1640 g/mol. The van der Waals surface area contributed by atoms with E-state index in [1.54, 1.807) is 48.5 Å². The van der Waals surface area contributed by atoms with Crippen molar-refractivity contribution in [1.82, 2.24) is 19.9 Å². The Kier molecular flexibility index (Phi) is 26.4. The van der Waals surface area contributed by atoms with Crippen molar-refractivity contribution < 1.29 is 38.1 Å². The molecule has 4 atom stereocenters. The van der Waals surface area contributed by atoms with Gasteiger partial charge >= 0.3 is 23.9 Å². The lowest BCUT2D eigenvalue weighted by atomic mass is 10.0. The first-order valence-electron chi connectivity index (χ1n) is 33.2. The number of aromatic amines is 2. The molecule has 5 heterocycles. The zero-order chi connectivity index (χ0) is 75.2. The summed E-state index contributed by atoms with van der Waals surface area (Å²) in [5, 5.41) is -2.84.